The molecular formula is C18H29N5O5. The summed E-state index contributed by atoms with van der Waals surface area (Å²) in [5.41, 5.74) is 5.71. The molecule has 1 fully saturated rings. The maximum absolute atomic E-state index is 13.1. The molecule has 3 amide bonds. The first-order valence-corrected chi connectivity index (χ1v) is 9.32. The molecule has 28 heavy (non-hydrogen) atoms. The highest BCUT2D eigenvalue weighted by atomic mass is 16.6. The Morgan fingerprint density at radius 3 is 2.75 bits per heavy atom. The van der Waals surface area contributed by atoms with Gasteiger partial charge in [0.2, 0.25) is 0 Å². The number of aliphatic hydroxyl groups is 1. The van der Waals surface area contributed by atoms with Gasteiger partial charge in [-0.15, -0.1) is 0 Å². The molecule has 0 aromatic carbocycles. The molecule has 1 aliphatic rings. The summed E-state index contributed by atoms with van der Waals surface area (Å²) in [6.45, 7) is 5.71. The van der Waals surface area contributed by atoms with Crippen LogP contribution in [0.5, 0.6) is 0 Å². The average Bonchev–Trinajstić information content (AvgIpc) is 3.25. The zero-order valence-corrected chi connectivity index (χ0v) is 16.6. The molecule has 0 unspecified atom stereocenters. The number of β-amino-alcohol motifs (C(OH)–C–C–N with tert-alkyl or cyclic N) is 1. The minimum absolute atomic E-state index is 0.0937. The number of aromatic nitrogens is 2. The summed E-state index contributed by atoms with van der Waals surface area (Å²) >= 11 is 0. The van der Waals surface area contributed by atoms with E-state index in [2.05, 4.69) is 9.97 Å². The zero-order valence-electron chi connectivity index (χ0n) is 16.6. The van der Waals surface area contributed by atoms with Gasteiger partial charge in [0.15, 0.2) is 0 Å². The van der Waals surface area contributed by atoms with Crippen LogP contribution in [0.15, 0.2) is 12.5 Å². The number of imide groups is 3. The van der Waals surface area contributed by atoms with Crippen molar-refractivity contribution in [2.24, 2.45) is 5.73 Å². The minimum atomic E-state index is -1.12. The number of imidazole rings is 1. The lowest BCUT2D eigenvalue weighted by Crippen LogP contribution is -2.56. The molecule has 0 saturated carbocycles. The summed E-state index contributed by atoms with van der Waals surface area (Å²) < 4.78 is 5.28. The van der Waals surface area contributed by atoms with Gasteiger partial charge < -0.3 is 20.6 Å². The Balaban J connectivity index is 2.24. The smallest absolute Gasteiger partial charge is 0.424 e. The van der Waals surface area contributed by atoms with Crippen molar-refractivity contribution in [2.75, 3.05) is 19.7 Å². The number of aliphatic hydroxyl groups excluding tert-OH is 1. The van der Waals surface area contributed by atoms with E-state index in [1.54, 1.807) is 25.7 Å². The highest BCUT2D eigenvalue weighted by molar-refractivity contribution is 6.12. The van der Waals surface area contributed by atoms with Crippen LogP contribution < -0.4 is 5.73 Å². The van der Waals surface area contributed by atoms with E-state index < -0.39 is 35.6 Å². The second-order valence-corrected chi connectivity index (χ2v) is 7.80. The predicted molar refractivity (Wildman–Crippen MR) is 100 cm³/mol. The minimum Gasteiger partial charge on any atom is -0.443 e. The van der Waals surface area contributed by atoms with Gasteiger partial charge in [-0.25, -0.2) is 9.78 Å². The fourth-order valence-electron chi connectivity index (χ4n) is 3.13. The first-order chi connectivity index (χ1) is 13.1. The molecule has 1 aliphatic heterocycles. The number of ether oxygens (including phenoxy) is 1. The van der Waals surface area contributed by atoms with Gasteiger partial charge in [-0.05, 0) is 40.2 Å². The Morgan fingerprint density at radius 2 is 2.18 bits per heavy atom. The second kappa shape index (κ2) is 9.26. The van der Waals surface area contributed by atoms with E-state index in [0.29, 0.717) is 23.6 Å². The predicted octanol–water partition coefficient (Wildman–Crippen LogP) is 0.0265. The summed E-state index contributed by atoms with van der Waals surface area (Å²) in [5.74, 6) is -1.50. The van der Waals surface area contributed by atoms with Gasteiger partial charge in [0.1, 0.15) is 5.60 Å². The Bertz CT molecular complexity index is 685. The molecule has 2 atom stereocenters. The number of hydrogen-bond donors (Lipinski definition) is 3. The van der Waals surface area contributed by atoms with Crippen molar-refractivity contribution in [3.8, 4) is 0 Å². The van der Waals surface area contributed by atoms with Crippen molar-refractivity contribution in [3.63, 3.8) is 0 Å². The van der Waals surface area contributed by atoms with Gasteiger partial charge in [-0.2, -0.15) is 4.90 Å². The van der Waals surface area contributed by atoms with E-state index in [4.69, 9.17) is 10.5 Å². The Hall–Kier alpha value is -2.30. The first kappa shape index (κ1) is 22.0. The first-order valence-electron chi connectivity index (χ1n) is 9.32. The molecule has 0 aliphatic carbocycles. The zero-order chi connectivity index (χ0) is 20.9. The lowest BCUT2D eigenvalue weighted by atomic mass is 10.1. The molecule has 1 aromatic heterocycles. The van der Waals surface area contributed by atoms with Crippen molar-refractivity contribution in [1.29, 1.82) is 0 Å². The van der Waals surface area contributed by atoms with E-state index in [1.165, 1.54) is 12.5 Å². The van der Waals surface area contributed by atoms with Crippen LogP contribution in [0.1, 0.15) is 39.3 Å². The molecule has 0 bridgehead atoms. The summed E-state index contributed by atoms with van der Waals surface area (Å²) in [5, 5.41) is 9.21. The summed E-state index contributed by atoms with van der Waals surface area (Å²) in [7, 11) is 0. The van der Waals surface area contributed by atoms with Crippen LogP contribution in [-0.2, 0) is 20.7 Å². The normalized spacial score (nSPS) is 18.7. The van der Waals surface area contributed by atoms with Crippen LogP contribution in [0.3, 0.4) is 0 Å². The van der Waals surface area contributed by atoms with E-state index in [0.717, 1.165) is 6.42 Å². The van der Waals surface area contributed by atoms with Gasteiger partial charge >= 0.3 is 6.09 Å². The van der Waals surface area contributed by atoms with Crippen molar-refractivity contribution in [3.05, 3.63) is 18.2 Å². The second-order valence-electron chi connectivity index (χ2n) is 7.80. The number of nitrogens with zero attached hydrogens (tertiary/aromatic N) is 3. The van der Waals surface area contributed by atoms with Crippen LogP contribution in [0, 0.1) is 0 Å². The van der Waals surface area contributed by atoms with Crippen LogP contribution in [0.25, 0.3) is 0 Å². The van der Waals surface area contributed by atoms with Crippen LogP contribution in [-0.4, -0.2) is 80.2 Å². The molecule has 10 heteroatoms. The number of aromatic amines is 1. The molecular weight excluding hydrogens is 366 g/mol. The third-order valence-electron chi connectivity index (χ3n) is 4.36. The summed E-state index contributed by atoms with van der Waals surface area (Å²) in [4.78, 5) is 47.7. The molecule has 156 valence electrons. The number of H-pyrrole nitrogens is 1. The lowest BCUT2D eigenvalue weighted by molar-refractivity contribution is -0.147. The maximum Gasteiger partial charge on any atom is 0.424 e. The Kier molecular flexibility index (Phi) is 7.28. The molecule has 0 spiro atoms. The fraction of sp³-hybridized carbons (Fsp3) is 0.667. The van der Waals surface area contributed by atoms with Gasteiger partial charge in [0.25, 0.3) is 11.8 Å². The molecule has 2 rings (SSSR count). The van der Waals surface area contributed by atoms with Crippen LogP contribution in [0.2, 0.25) is 0 Å². The van der Waals surface area contributed by atoms with Gasteiger partial charge in [0.05, 0.1) is 25.0 Å². The number of carbonyl (C=O) groups excluding carboxylic acids is 3. The molecule has 1 saturated heterocycles. The van der Waals surface area contributed by atoms with Gasteiger partial charge in [0, 0.05) is 24.9 Å². The van der Waals surface area contributed by atoms with E-state index in [1.807, 2.05) is 0 Å². The number of nitrogens with one attached hydrogen (secondary N) is 1. The Labute approximate surface area is 164 Å². The van der Waals surface area contributed by atoms with E-state index >= 15 is 0 Å². The SMILES string of the molecule is CC(C)(C)OC(=O)N(C(=O)[C@@H](N)Cc1cnc[nH]1)C(=O)[C@@H]1CCCN1CCO. The van der Waals surface area contributed by atoms with Gasteiger partial charge in [-0.1, -0.05) is 0 Å². The number of carbonyl (C=O) groups is 3. The van der Waals surface area contributed by atoms with E-state index in [9.17, 15) is 19.5 Å². The van der Waals surface area contributed by atoms with Crippen molar-refractivity contribution in [2.45, 2.75) is 57.7 Å². The number of rotatable bonds is 6. The number of likely N-dealkylation sites (tertiary alicyclic amines) is 1. The average molecular weight is 395 g/mol. The maximum atomic E-state index is 13.1. The van der Waals surface area contributed by atoms with Crippen molar-refractivity contribution >= 4 is 17.9 Å². The standard InChI is InChI=1S/C18H29N5O5/c1-18(2,3)28-17(27)23(15(25)13(19)9-12-10-20-11-21-12)16(26)14-5-4-6-22(14)7-8-24/h10-11,13-14,24H,4-9,19H2,1-3H3,(H,20,21)/t13-,14-/m0/s1. The Morgan fingerprint density at radius 1 is 1.46 bits per heavy atom. The highest BCUT2D eigenvalue weighted by Crippen LogP contribution is 2.21. The van der Waals surface area contributed by atoms with Crippen LogP contribution >= 0.6 is 0 Å². The topological polar surface area (TPSA) is 142 Å². The van der Waals surface area contributed by atoms with Crippen molar-refractivity contribution < 1.29 is 24.2 Å². The van der Waals surface area contributed by atoms with E-state index in [-0.39, 0.29) is 19.6 Å². The van der Waals surface area contributed by atoms with Gasteiger partial charge in [-0.3, -0.25) is 14.5 Å². The quantitative estimate of drug-likeness (QED) is 0.612. The largest absolute Gasteiger partial charge is 0.443 e. The highest BCUT2D eigenvalue weighted by Gasteiger charge is 2.42. The molecule has 4 N–H and O–H groups in total. The third-order valence-corrected chi connectivity index (χ3v) is 4.36. The summed E-state index contributed by atoms with van der Waals surface area (Å²) in [6, 6.07) is -1.80. The fourth-order valence-corrected chi connectivity index (χ4v) is 3.13. The monoisotopic (exact) mass is 395 g/mol. The molecule has 0 radical (unpaired) electrons. The molecule has 10 nitrogen and oxygen atoms in total. The lowest BCUT2D eigenvalue weighted by Gasteiger charge is -2.30. The van der Waals surface area contributed by atoms with Crippen LogP contribution in [0.4, 0.5) is 4.79 Å². The van der Waals surface area contributed by atoms with Crippen molar-refractivity contribution in [1.82, 2.24) is 19.8 Å². The number of nitrogens with two attached hydrogens (primary N) is 1. The molecule has 2 heterocycles. The summed E-state index contributed by atoms with van der Waals surface area (Å²) in [6.07, 6.45) is 3.24. The number of hydrogen-bond acceptors (Lipinski definition) is 8. The molecule has 1 aromatic rings. The third kappa shape index (κ3) is 5.60. The number of amides is 3.